The highest BCUT2D eigenvalue weighted by Gasteiger charge is 2.19. The topological polar surface area (TPSA) is 72.7 Å². The summed E-state index contributed by atoms with van der Waals surface area (Å²) in [5.41, 5.74) is 2.86. The van der Waals surface area contributed by atoms with Gasteiger partial charge >= 0.3 is 0 Å². The van der Waals surface area contributed by atoms with E-state index >= 15 is 0 Å². The van der Waals surface area contributed by atoms with Gasteiger partial charge in [0.05, 0.1) is 12.8 Å². The van der Waals surface area contributed by atoms with E-state index in [1.807, 2.05) is 41.1 Å². The molecule has 6 nitrogen and oxygen atoms in total. The van der Waals surface area contributed by atoms with Crippen molar-refractivity contribution in [2.45, 2.75) is 4.90 Å². The second kappa shape index (κ2) is 6.77. The van der Waals surface area contributed by atoms with E-state index in [1.165, 1.54) is 13.2 Å². The number of nitrogens with zero attached hydrogens (tertiary/aromatic N) is 2. The molecular formula is C20H17N3O3S. The van der Waals surface area contributed by atoms with Crippen LogP contribution in [0.1, 0.15) is 0 Å². The second-order valence-electron chi connectivity index (χ2n) is 5.93. The molecule has 0 amide bonds. The molecule has 1 N–H and O–H groups in total. The number of nitrogens with one attached hydrogen (secondary N) is 1. The number of para-hydroxylation sites is 1. The minimum atomic E-state index is -3.78. The number of sulfonamides is 1. The standard InChI is InChI=1S/C20H17N3O3S/c1-26-18-9-2-3-10-19(18)27(24,25)22-16-8-6-7-15(13-16)17-14-23-12-5-4-11-20(23)21-17/h2-14,22H,1H3. The quantitative estimate of drug-likeness (QED) is 0.572. The Kier molecular flexibility index (Phi) is 4.29. The lowest BCUT2D eigenvalue weighted by molar-refractivity contribution is 0.403. The highest BCUT2D eigenvalue weighted by atomic mass is 32.2. The van der Waals surface area contributed by atoms with Gasteiger partial charge < -0.3 is 9.14 Å². The monoisotopic (exact) mass is 379 g/mol. The highest BCUT2D eigenvalue weighted by Crippen LogP contribution is 2.27. The molecule has 136 valence electrons. The first-order valence-corrected chi connectivity index (χ1v) is 9.75. The van der Waals surface area contributed by atoms with Crippen LogP contribution in [0.5, 0.6) is 5.75 Å². The Morgan fingerprint density at radius 1 is 1.00 bits per heavy atom. The van der Waals surface area contributed by atoms with Crippen molar-refractivity contribution < 1.29 is 13.2 Å². The van der Waals surface area contributed by atoms with Crippen LogP contribution in [0.2, 0.25) is 0 Å². The minimum absolute atomic E-state index is 0.0885. The Labute approximate surface area is 157 Å². The zero-order valence-electron chi connectivity index (χ0n) is 14.5. The summed E-state index contributed by atoms with van der Waals surface area (Å²) >= 11 is 0. The summed E-state index contributed by atoms with van der Waals surface area (Å²) in [4.78, 5) is 4.66. The molecule has 27 heavy (non-hydrogen) atoms. The molecule has 0 fully saturated rings. The van der Waals surface area contributed by atoms with Crippen LogP contribution in [-0.2, 0) is 10.0 Å². The Hall–Kier alpha value is -3.32. The molecule has 4 rings (SSSR count). The minimum Gasteiger partial charge on any atom is -0.495 e. The van der Waals surface area contributed by atoms with Gasteiger partial charge in [-0.25, -0.2) is 13.4 Å². The molecule has 2 aromatic carbocycles. The summed E-state index contributed by atoms with van der Waals surface area (Å²) in [7, 11) is -2.34. The van der Waals surface area contributed by atoms with Crippen molar-refractivity contribution in [1.29, 1.82) is 0 Å². The smallest absolute Gasteiger partial charge is 0.265 e. The van der Waals surface area contributed by atoms with Gasteiger partial charge in [-0.15, -0.1) is 0 Å². The van der Waals surface area contributed by atoms with E-state index < -0.39 is 10.0 Å². The fraction of sp³-hybridized carbons (Fsp3) is 0.0500. The first kappa shape index (κ1) is 17.1. The van der Waals surface area contributed by atoms with Crippen molar-refractivity contribution in [1.82, 2.24) is 9.38 Å². The van der Waals surface area contributed by atoms with Gasteiger partial charge in [0, 0.05) is 23.6 Å². The van der Waals surface area contributed by atoms with Crippen molar-refractivity contribution >= 4 is 21.4 Å². The van der Waals surface area contributed by atoms with Gasteiger partial charge in [0.15, 0.2) is 0 Å². The van der Waals surface area contributed by atoms with Crippen LogP contribution in [0.25, 0.3) is 16.9 Å². The van der Waals surface area contributed by atoms with Crippen molar-refractivity contribution in [2.75, 3.05) is 11.8 Å². The number of fused-ring (bicyclic) bond motifs is 1. The van der Waals surface area contributed by atoms with Crippen molar-refractivity contribution in [3.05, 3.63) is 79.1 Å². The average Bonchev–Trinajstić information content (AvgIpc) is 3.12. The Morgan fingerprint density at radius 3 is 2.63 bits per heavy atom. The van der Waals surface area contributed by atoms with Crippen LogP contribution in [0.3, 0.4) is 0 Å². The van der Waals surface area contributed by atoms with Gasteiger partial charge in [-0.1, -0.05) is 30.3 Å². The van der Waals surface area contributed by atoms with Gasteiger partial charge in [-0.3, -0.25) is 4.72 Å². The van der Waals surface area contributed by atoms with E-state index in [2.05, 4.69) is 9.71 Å². The molecule has 0 aliphatic carbocycles. The van der Waals surface area contributed by atoms with Crippen LogP contribution in [0.15, 0.2) is 84.0 Å². The molecule has 2 aromatic heterocycles. The highest BCUT2D eigenvalue weighted by molar-refractivity contribution is 7.92. The summed E-state index contributed by atoms with van der Waals surface area (Å²) in [5, 5.41) is 0. The van der Waals surface area contributed by atoms with Crippen molar-refractivity contribution in [2.24, 2.45) is 0 Å². The molecule has 4 aromatic rings. The molecular weight excluding hydrogens is 362 g/mol. The first-order chi connectivity index (χ1) is 13.1. The van der Waals surface area contributed by atoms with Gasteiger partial charge in [0.25, 0.3) is 10.0 Å². The number of pyridine rings is 1. The molecule has 2 heterocycles. The lowest BCUT2D eigenvalue weighted by Gasteiger charge is -2.12. The summed E-state index contributed by atoms with van der Waals surface area (Å²) in [6.45, 7) is 0. The van der Waals surface area contributed by atoms with E-state index in [0.29, 0.717) is 11.4 Å². The molecule has 0 spiro atoms. The predicted molar refractivity (Wildman–Crippen MR) is 104 cm³/mol. The summed E-state index contributed by atoms with van der Waals surface area (Å²) in [6.07, 6.45) is 3.82. The second-order valence-corrected chi connectivity index (χ2v) is 7.58. The lowest BCUT2D eigenvalue weighted by Crippen LogP contribution is -2.14. The van der Waals surface area contributed by atoms with Crippen molar-refractivity contribution in [3.8, 4) is 17.0 Å². The van der Waals surface area contributed by atoms with Crippen molar-refractivity contribution in [3.63, 3.8) is 0 Å². The number of imidazole rings is 1. The van der Waals surface area contributed by atoms with E-state index in [4.69, 9.17) is 4.74 Å². The fourth-order valence-electron chi connectivity index (χ4n) is 2.87. The van der Waals surface area contributed by atoms with Crippen LogP contribution in [0.4, 0.5) is 5.69 Å². The van der Waals surface area contributed by atoms with E-state index in [-0.39, 0.29) is 4.90 Å². The SMILES string of the molecule is COc1ccccc1S(=O)(=O)Nc1cccc(-c2cn3ccccc3n2)c1. The molecule has 0 unspecified atom stereocenters. The molecule has 0 bridgehead atoms. The summed E-state index contributed by atoms with van der Waals surface area (Å²) in [5.74, 6) is 0.293. The summed E-state index contributed by atoms with van der Waals surface area (Å²) in [6, 6.07) is 19.4. The number of ether oxygens (including phenoxy) is 1. The van der Waals surface area contributed by atoms with Gasteiger partial charge in [-0.05, 0) is 36.4 Å². The molecule has 0 aliphatic heterocycles. The number of rotatable bonds is 5. The maximum Gasteiger partial charge on any atom is 0.265 e. The van der Waals surface area contributed by atoms with Gasteiger partial charge in [0.1, 0.15) is 16.3 Å². The number of methoxy groups -OCH3 is 1. The number of anilines is 1. The predicted octanol–water partition coefficient (Wildman–Crippen LogP) is 3.81. The molecule has 0 atom stereocenters. The zero-order chi connectivity index (χ0) is 18.9. The third kappa shape index (κ3) is 3.37. The number of hydrogen-bond donors (Lipinski definition) is 1. The number of hydrogen-bond acceptors (Lipinski definition) is 4. The molecule has 0 saturated carbocycles. The maximum absolute atomic E-state index is 12.8. The lowest BCUT2D eigenvalue weighted by atomic mass is 10.1. The Balaban J connectivity index is 1.68. The summed E-state index contributed by atoms with van der Waals surface area (Å²) < 4.78 is 35.2. The van der Waals surface area contributed by atoms with Gasteiger partial charge in [0.2, 0.25) is 0 Å². The number of aromatic nitrogens is 2. The normalized spacial score (nSPS) is 11.4. The Morgan fingerprint density at radius 2 is 1.81 bits per heavy atom. The molecule has 0 saturated heterocycles. The van der Waals surface area contributed by atoms with Crippen LogP contribution < -0.4 is 9.46 Å². The number of benzene rings is 2. The maximum atomic E-state index is 12.8. The van der Waals surface area contributed by atoms with E-state index in [0.717, 1.165) is 16.9 Å². The van der Waals surface area contributed by atoms with Gasteiger partial charge in [-0.2, -0.15) is 0 Å². The Bertz CT molecular complexity index is 1180. The third-order valence-electron chi connectivity index (χ3n) is 4.13. The molecule has 0 radical (unpaired) electrons. The zero-order valence-corrected chi connectivity index (χ0v) is 15.3. The van der Waals surface area contributed by atoms with Crippen LogP contribution in [-0.4, -0.2) is 24.9 Å². The van der Waals surface area contributed by atoms with Crippen LogP contribution >= 0.6 is 0 Å². The largest absolute Gasteiger partial charge is 0.495 e. The average molecular weight is 379 g/mol. The third-order valence-corrected chi connectivity index (χ3v) is 5.55. The van der Waals surface area contributed by atoms with Crippen LogP contribution in [0, 0.1) is 0 Å². The molecule has 0 aliphatic rings. The fourth-order valence-corrected chi connectivity index (χ4v) is 4.09. The first-order valence-electron chi connectivity index (χ1n) is 8.27. The van der Waals surface area contributed by atoms with E-state index in [9.17, 15) is 8.42 Å². The van der Waals surface area contributed by atoms with E-state index in [1.54, 1.807) is 36.4 Å². The molecule has 7 heteroatoms.